The molecular weight excluding hydrogens is 341 g/mol. The zero-order chi connectivity index (χ0) is 16.8. The van der Waals surface area contributed by atoms with Crippen LogP contribution in [0.5, 0.6) is 11.5 Å². The molecule has 23 heavy (non-hydrogen) atoms. The van der Waals surface area contributed by atoms with Crippen molar-refractivity contribution in [1.82, 2.24) is 5.43 Å². The third-order valence-corrected chi connectivity index (χ3v) is 3.23. The minimum Gasteiger partial charge on any atom is -0.503 e. The first kappa shape index (κ1) is 17.0. The summed E-state index contributed by atoms with van der Waals surface area (Å²) >= 11 is 10.9. The van der Waals surface area contributed by atoms with E-state index in [2.05, 4.69) is 15.8 Å². The molecule has 0 atom stereocenters. The Labute approximate surface area is 142 Å². The lowest BCUT2D eigenvalue weighted by Gasteiger charge is -2.07. The van der Waals surface area contributed by atoms with Gasteiger partial charge in [0.25, 0.3) is 0 Å². The summed E-state index contributed by atoms with van der Waals surface area (Å²) in [7, 11) is 1.42. The summed E-state index contributed by atoms with van der Waals surface area (Å²) in [6.45, 7) is 0. The van der Waals surface area contributed by atoms with E-state index in [1.807, 2.05) is 0 Å². The van der Waals surface area contributed by atoms with E-state index in [1.54, 1.807) is 18.2 Å². The summed E-state index contributed by atoms with van der Waals surface area (Å²) < 4.78 is 17.8. The highest BCUT2D eigenvalue weighted by Gasteiger charge is 2.07. The van der Waals surface area contributed by atoms with Crippen molar-refractivity contribution in [3.63, 3.8) is 0 Å². The molecule has 3 N–H and O–H groups in total. The zero-order valence-electron chi connectivity index (χ0n) is 12.0. The zero-order valence-corrected chi connectivity index (χ0v) is 13.6. The minimum absolute atomic E-state index is 0.132. The van der Waals surface area contributed by atoms with E-state index >= 15 is 0 Å². The van der Waals surface area contributed by atoms with Crippen molar-refractivity contribution in [2.45, 2.75) is 0 Å². The number of anilines is 1. The largest absolute Gasteiger partial charge is 0.503 e. The molecule has 0 aliphatic carbocycles. The fourth-order valence-electron chi connectivity index (χ4n) is 1.68. The second kappa shape index (κ2) is 7.75. The summed E-state index contributed by atoms with van der Waals surface area (Å²) in [5.41, 5.74) is 3.86. The van der Waals surface area contributed by atoms with Gasteiger partial charge in [0.1, 0.15) is 5.82 Å². The van der Waals surface area contributed by atoms with Gasteiger partial charge in [0.15, 0.2) is 16.6 Å². The number of hydrogen-bond acceptors (Lipinski definition) is 4. The van der Waals surface area contributed by atoms with Gasteiger partial charge >= 0.3 is 0 Å². The molecular formula is C15H13ClFN3O2S. The van der Waals surface area contributed by atoms with Crippen molar-refractivity contribution >= 4 is 40.8 Å². The number of methoxy groups -OCH3 is 1. The molecule has 0 heterocycles. The van der Waals surface area contributed by atoms with Crippen molar-refractivity contribution in [3.05, 3.63) is 52.8 Å². The Balaban J connectivity index is 1.97. The van der Waals surface area contributed by atoms with E-state index in [0.29, 0.717) is 11.3 Å². The number of phenols is 1. The van der Waals surface area contributed by atoms with Crippen LogP contribution in [0.4, 0.5) is 10.1 Å². The van der Waals surface area contributed by atoms with Gasteiger partial charge in [-0.05, 0) is 54.2 Å². The molecule has 0 saturated carbocycles. The second-order valence-electron chi connectivity index (χ2n) is 4.38. The standard InChI is InChI=1S/C15H13ClFN3O2S/c1-22-13-7-9(6-12(16)14(13)21)8-18-20-15(23)19-11-4-2-10(17)3-5-11/h2-8,21H,1H3,(H2,19,20,23)/b18-8+. The summed E-state index contributed by atoms with van der Waals surface area (Å²) in [6, 6.07) is 8.84. The van der Waals surface area contributed by atoms with Gasteiger partial charge in [-0.3, -0.25) is 5.43 Å². The molecule has 5 nitrogen and oxygen atoms in total. The van der Waals surface area contributed by atoms with Gasteiger partial charge in [0.05, 0.1) is 18.3 Å². The summed E-state index contributed by atoms with van der Waals surface area (Å²) in [4.78, 5) is 0. The minimum atomic E-state index is -0.328. The van der Waals surface area contributed by atoms with Crippen LogP contribution in [0.1, 0.15) is 5.56 Å². The normalized spacial score (nSPS) is 10.6. The summed E-state index contributed by atoms with van der Waals surface area (Å²) in [5, 5.41) is 16.8. The van der Waals surface area contributed by atoms with E-state index in [4.69, 9.17) is 28.6 Å². The molecule has 0 aromatic heterocycles. The number of benzene rings is 2. The highest BCUT2D eigenvalue weighted by atomic mass is 35.5. The Morgan fingerprint density at radius 3 is 2.70 bits per heavy atom. The molecule has 8 heteroatoms. The molecule has 0 aliphatic heterocycles. The molecule has 0 spiro atoms. The van der Waals surface area contributed by atoms with E-state index in [9.17, 15) is 9.50 Å². The number of halogens is 2. The van der Waals surface area contributed by atoms with Gasteiger partial charge in [0, 0.05) is 5.69 Å². The molecule has 0 saturated heterocycles. The lowest BCUT2D eigenvalue weighted by Crippen LogP contribution is -2.23. The number of hydrazone groups is 1. The fourth-order valence-corrected chi connectivity index (χ4v) is 2.07. The van der Waals surface area contributed by atoms with Gasteiger partial charge in [-0.15, -0.1) is 0 Å². The quantitative estimate of drug-likeness (QED) is 0.446. The van der Waals surface area contributed by atoms with Gasteiger partial charge < -0.3 is 15.2 Å². The predicted molar refractivity (Wildman–Crippen MR) is 93.0 cm³/mol. The van der Waals surface area contributed by atoms with E-state index in [-0.39, 0.29) is 27.5 Å². The number of phenolic OH excluding ortho intramolecular Hbond substituents is 1. The first-order valence-corrected chi connectivity index (χ1v) is 7.20. The van der Waals surface area contributed by atoms with Crippen molar-refractivity contribution in [1.29, 1.82) is 0 Å². The van der Waals surface area contributed by atoms with Crippen LogP contribution in [0.15, 0.2) is 41.5 Å². The molecule has 120 valence electrons. The maximum atomic E-state index is 12.8. The van der Waals surface area contributed by atoms with E-state index in [1.165, 1.54) is 31.5 Å². The second-order valence-corrected chi connectivity index (χ2v) is 5.20. The summed E-state index contributed by atoms with van der Waals surface area (Å²) in [5.74, 6) is -0.218. The molecule has 2 rings (SSSR count). The maximum Gasteiger partial charge on any atom is 0.191 e. The molecule has 0 bridgehead atoms. The van der Waals surface area contributed by atoms with Gasteiger partial charge in [-0.1, -0.05) is 11.6 Å². The van der Waals surface area contributed by atoms with E-state index in [0.717, 1.165) is 0 Å². The lowest BCUT2D eigenvalue weighted by molar-refractivity contribution is 0.373. The SMILES string of the molecule is COc1cc(/C=N/NC(=S)Nc2ccc(F)cc2)cc(Cl)c1O. The fraction of sp³-hybridized carbons (Fsp3) is 0.0667. The molecule has 0 fully saturated rings. The number of nitrogens with zero attached hydrogens (tertiary/aromatic N) is 1. The average molecular weight is 354 g/mol. The predicted octanol–water partition coefficient (Wildman–Crippen LogP) is 3.51. The van der Waals surface area contributed by atoms with Crippen LogP contribution in [-0.2, 0) is 0 Å². The molecule has 0 amide bonds. The topological polar surface area (TPSA) is 65.9 Å². The Morgan fingerprint density at radius 2 is 2.04 bits per heavy atom. The first-order valence-electron chi connectivity index (χ1n) is 6.41. The third-order valence-electron chi connectivity index (χ3n) is 2.75. The van der Waals surface area contributed by atoms with Crippen LogP contribution < -0.4 is 15.5 Å². The van der Waals surface area contributed by atoms with Crippen LogP contribution in [0.2, 0.25) is 5.02 Å². The van der Waals surface area contributed by atoms with Gasteiger partial charge in [0.2, 0.25) is 0 Å². The monoisotopic (exact) mass is 353 g/mol. The maximum absolute atomic E-state index is 12.8. The molecule has 0 unspecified atom stereocenters. The van der Waals surface area contributed by atoms with Crippen molar-refractivity contribution in [2.75, 3.05) is 12.4 Å². The number of aromatic hydroxyl groups is 1. The number of nitrogens with one attached hydrogen (secondary N) is 2. The van der Waals surface area contributed by atoms with Crippen LogP contribution in [0.3, 0.4) is 0 Å². The van der Waals surface area contributed by atoms with Crippen LogP contribution in [-0.4, -0.2) is 23.5 Å². The van der Waals surface area contributed by atoms with Crippen LogP contribution in [0.25, 0.3) is 0 Å². The van der Waals surface area contributed by atoms with Crippen LogP contribution in [0, 0.1) is 5.82 Å². The van der Waals surface area contributed by atoms with Crippen molar-refractivity contribution < 1.29 is 14.2 Å². The smallest absolute Gasteiger partial charge is 0.191 e. The Kier molecular flexibility index (Phi) is 5.72. The molecule has 0 radical (unpaired) electrons. The van der Waals surface area contributed by atoms with Crippen molar-refractivity contribution in [2.24, 2.45) is 5.10 Å². The molecule has 0 aliphatic rings. The Hall–Kier alpha value is -2.38. The highest BCUT2D eigenvalue weighted by molar-refractivity contribution is 7.80. The van der Waals surface area contributed by atoms with Gasteiger partial charge in [-0.2, -0.15) is 5.10 Å². The van der Waals surface area contributed by atoms with E-state index < -0.39 is 0 Å². The Bertz CT molecular complexity index is 738. The lowest BCUT2D eigenvalue weighted by atomic mass is 10.2. The average Bonchev–Trinajstić information content (AvgIpc) is 2.53. The number of rotatable bonds is 4. The number of ether oxygens (including phenoxy) is 1. The first-order chi connectivity index (χ1) is 11.0. The summed E-state index contributed by atoms with van der Waals surface area (Å²) in [6.07, 6.45) is 1.46. The van der Waals surface area contributed by atoms with Gasteiger partial charge in [-0.25, -0.2) is 4.39 Å². The third kappa shape index (κ3) is 4.80. The number of hydrogen-bond donors (Lipinski definition) is 3. The molecule has 2 aromatic carbocycles. The number of thiocarbonyl (C=S) groups is 1. The van der Waals surface area contributed by atoms with Crippen molar-refractivity contribution in [3.8, 4) is 11.5 Å². The highest BCUT2D eigenvalue weighted by Crippen LogP contribution is 2.34. The van der Waals surface area contributed by atoms with Crippen LogP contribution >= 0.6 is 23.8 Å². The Morgan fingerprint density at radius 1 is 1.35 bits per heavy atom. The molecule has 2 aromatic rings.